The lowest BCUT2D eigenvalue weighted by molar-refractivity contribution is -0.384. The molecule has 2 rings (SSSR count). The Morgan fingerprint density at radius 2 is 2.05 bits per heavy atom. The number of nitrogens with one attached hydrogen (secondary N) is 1. The van der Waals surface area contributed by atoms with Crippen LogP contribution in [0.4, 0.5) is 5.69 Å². The molecule has 0 atom stereocenters. The van der Waals surface area contributed by atoms with E-state index in [1.807, 2.05) is 6.92 Å². The number of benzene rings is 1. The second-order valence-electron chi connectivity index (χ2n) is 4.00. The van der Waals surface area contributed by atoms with Crippen LogP contribution in [0.5, 0.6) is 0 Å². The maximum Gasteiger partial charge on any atom is 0.270 e. The lowest BCUT2D eigenvalue weighted by Crippen LogP contribution is -2.12. The van der Waals surface area contributed by atoms with Gasteiger partial charge in [-0.2, -0.15) is 0 Å². The van der Waals surface area contributed by atoms with E-state index in [2.05, 4.69) is 15.3 Å². The van der Waals surface area contributed by atoms with Crippen LogP contribution in [0.15, 0.2) is 36.7 Å². The molecule has 0 unspecified atom stereocenters. The quantitative estimate of drug-likeness (QED) is 0.656. The summed E-state index contributed by atoms with van der Waals surface area (Å²) in [5.74, 6) is 0.490. The normalized spacial score (nSPS) is 10.4. The Morgan fingerprint density at radius 3 is 2.68 bits per heavy atom. The first-order chi connectivity index (χ1) is 9.20. The van der Waals surface area contributed by atoms with Crippen molar-refractivity contribution >= 4 is 5.69 Å². The molecule has 1 N–H and O–H groups in total. The van der Waals surface area contributed by atoms with E-state index in [0.717, 1.165) is 12.1 Å². The van der Waals surface area contributed by atoms with Gasteiger partial charge < -0.3 is 5.32 Å². The average Bonchev–Trinajstić information content (AvgIpc) is 2.46. The highest BCUT2D eigenvalue weighted by Crippen LogP contribution is 2.20. The third-order valence-corrected chi connectivity index (χ3v) is 2.60. The van der Waals surface area contributed by atoms with Gasteiger partial charge in [-0.3, -0.25) is 10.1 Å². The van der Waals surface area contributed by atoms with Gasteiger partial charge in [0.05, 0.1) is 4.92 Å². The van der Waals surface area contributed by atoms with E-state index < -0.39 is 4.92 Å². The molecule has 1 aromatic heterocycles. The van der Waals surface area contributed by atoms with Gasteiger partial charge in [0.2, 0.25) is 0 Å². The molecule has 0 spiro atoms. The first-order valence-corrected chi connectivity index (χ1v) is 5.97. The highest BCUT2D eigenvalue weighted by Gasteiger charge is 2.08. The Balaban J connectivity index is 2.22. The molecule has 0 fully saturated rings. The van der Waals surface area contributed by atoms with E-state index in [0.29, 0.717) is 17.9 Å². The van der Waals surface area contributed by atoms with Crippen LogP contribution >= 0.6 is 0 Å². The number of nitro benzene ring substituents is 1. The number of non-ortho nitro benzene ring substituents is 1. The Hall–Kier alpha value is -2.34. The van der Waals surface area contributed by atoms with Gasteiger partial charge in [0.25, 0.3) is 5.69 Å². The zero-order chi connectivity index (χ0) is 13.7. The standard InChI is InChI=1S/C13H14N4O2/c1-2-14-7-10-8-15-13(16-9-10)11-4-3-5-12(6-11)17(18)19/h3-6,8-9,14H,2,7H2,1H3. The van der Waals surface area contributed by atoms with Crippen molar-refractivity contribution < 1.29 is 4.92 Å². The smallest absolute Gasteiger partial charge is 0.270 e. The van der Waals surface area contributed by atoms with Crippen LogP contribution in [0.1, 0.15) is 12.5 Å². The van der Waals surface area contributed by atoms with Gasteiger partial charge in [-0.05, 0) is 6.54 Å². The lowest BCUT2D eigenvalue weighted by atomic mass is 10.2. The SMILES string of the molecule is CCNCc1cnc(-c2cccc([N+](=O)[O-])c2)nc1. The zero-order valence-electron chi connectivity index (χ0n) is 10.5. The van der Waals surface area contributed by atoms with Crippen molar-refractivity contribution in [1.82, 2.24) is 15.3 Å². The summed E-state index contributed by atoms with van der Waals surface area (Å²) in [5, 5.41) is 13.9. The lowest BCUT2D eigenvalue weighted by Gasteiger charge is -2.03. The number of hydrogen-bond acceptors (Lipinski definition) is 5. The predicted octanol–water partition coefficient (Wildman–Crippen LogP) is 2.16. The highest BCUT2D eigenvalue weighted by molar-refractivity contribution is 5.58. The van der Waals surface area contributed by atoms with Crippen molar-refractivity contribution in [3.8, 4) is 11.4 Å². The Morgan fingerprint density at radius 1 is 1.32 bits per heavy atom. The van der Waals surface area contributed by atoms with Crippen LogP contribution < -0.4 is 5.32 Å². The molecule has 2 aromatic rings. The molecule has 1 heterocycles. The summed E-state index contributed by atoms with van der Waals surface area (Å²) >= 11 is 0. The number of aromatic nitrogens is 2. The monoisotopic (exact) mass is 258 g/mol. The second kappa shape index (κ2) is 6.01. The van der Waals surface area contributed by atoms with E-state index in [9.17, 15) is 10.1 Å². The third-order valence-electron chi connectivity index (χ3n) is 2.60. The molecule has 0 saturated heterocycles. The van der Waals surface area contributed by atoms with Crippen molar-refractivity contribution in [3.05, 3.63) is 52.3 Å². The largest absolute Gasteiger partial charge is 0.313 e. The van der Waals surface area contributed by atoms with Crippen LogP contribution in [0.3, 0.4) is 0 Å². The summed E-state index contributed by atoms with van der Waals surface area (Å²) in [6, 6.07) is 6.30. The summed E-state index contributed by atoms with van der Waals surface area (Å²) in [4.78, 5) is 18.7. The van der Waals surface area contributed by atoms with Gasteiger partial charge in [-0.25, -0.2) is 9.97 Å². The predicted molar refractivity (Wildman–Crippen MR) is 71.5 cm³/mol. The number of rotatable bonds is 5. The van der Waals surface area contributed by atoms with Crippen molar-refractivity contribution in [1.29, 1.82) is 0 Å². The molecule has 1 aromatic carbocycles. The second-order valence-corrected chi connectivity index (χ2v) is 4.00. The minimum absolute atomic E-state index is 0.0397. The Bertz CT molecular complexity index is 569. The fourth-order valence-corrected chi connectivity index (χ4v) is 1.62. The summed E-state index contributed by atoms with van der Waals surface area (Å²) in [6.45, 7) is 3.62. The molecule has 6 heteroatoms. The van der Waals surface area contributed by atoms with E-state index in [1.165, 1.54) is 12.1 Å². The van der Waals surface area contributed by atoms with E-state index in [4.69, 9.17) is 0 Å². The van der Waals surface area contributed by atoms with E-state index in [-0.39, 0.29) is 5.69 Å². The van der Waals surface area contributed by atoms with Crippen molar-refractivity contribution in [2.75, 3.05) is 6.54 Å². The number of nitrogens with zero attached hydrogens (tertiary/aromatic N) is 3. The number of hydrogen-bond donors (Lipinski definition) is 1. The van der Waals surface area contributed by atoms with Gasteiger partial charge in [0, 0.05) is 42.2 Å². The molecule has 98 valence electrons. The van der Waals surface area contributed by atoms with E-state index >= 15 is 0 Å². The van der Waals surface area contributed by atoms with Crippen molar-refractivity contribution in [2.45, 2.75) is 13.5 Å². The van der Waals surface area contributed by atoms with Gasteiger partial charge in [-0.1, -0.05) is 19.1 Å². The van der Waals surface area contributed by atoms with Gasteiger partial charge >= 0.3 is 0 Å². The van der Waals surface area contributed by atoms with Crippen LogP contribution in [0.25, 0.3) is 11.4 Å². The number of nitro groups is 1. The van der Waals surface area contributed by atoms with E-state index in [1.54, 1.807) is 24.5 Å². The minimum Gasteiger partial charge on any atom is -0.313 e. The van der Waals surface area contributed by atoms with Gasteiger partial charge in [0.1, 0.15) is 0 Å². The molecule has 0 saturated carbocycles. The van der Waals surface area contributed by atoms with Crippen molar-refractivity contribution in [3.63, 3.8) is 0 Å². The van der Waals surface area contributed by atoms with Crippen LogP contribution in [0, 0.1) is 10.1 Å². The summed E-state index contributed by atoms with van der Waals surface area (Å²) in [7, 11) is 0. The molecule has 0 radical (unpaired) electrons. The summed E-state index contributed by atoms with van der Waals surface area (Å²) in [6.07, 6.45) is 3.45. The molecule has 0 amide bonds. The maximum absolute atomic E-state index is 10.7. The fraction of sp³-hybridized carbons (Fsp3) is 0.231. The van der Waals surface area contributed by atoms with Crippen LogP contribution in [-0.2, 0) is 6.54 Å². The van der Waals surface area contributed by atoms with Crippen molar-refractivity contribution in [2.24, 2.45) is 0 Å². The third kappa shape index (κ3) is 3.32. The topological polar surface area (TPSA) is 81.0 Å². The minimum atomic E-state index is -0.428. The summed E-state index contributed by atoms with van der Waals surface area (Å²) < 4.78 is 0. The molecule has 19 heavy (non-hydrogen) atoms. The van der Waals surface area contributed by atoms with Gasteiger partial charge in [-0.15, -0.1) is 0 Å². The first-order valence-electron chi connectivity index (χ1n) is 5.97. The molecule has 0 aliphatic carbocycles. The molecule has 0 bridgehead atoms. The first kappa shape index (κ1) is 13.1. The molecule has 0 aliphatic heterocycles. The highest BCUT2D eigenvalue weighted by atomic mass is 16.6. The molecular weight excluding hydrogens is 244 g/mol. The Kier molecular flexibility index (Phi) is 4.15. The fourth-order valence-electron chi connectivity index (χ4n) is 1.62. The molecular formula is C13H14N4O2. The molecule has 0 aliphatic rings. The average molecular weight is 258 g/mol. The Labute approximate surface area is 110 Å². The van der Waals surface area contributed by atoms with Gasteiger partial charge in [0.15, 0.2) is 5.82 Å². The van der Waals surface area contributed by atoms with Crippen LogP contribution in [0.2, 0.25) is 0 Å². The summed E-state index contributed by atoms with van der Waals surface area (Å²) in [5.41, 5.74) is 1.66. The maximum atomic E-state index is 10.7. The molecule has 6 nitrogen and oxygen atoms in total. The van der Waals surface area contributed by atoms with Crippen LogP contribution in [-0.4, -0.2) is 21.4 Å². The zero-order valence-corrected chi connectivity index (χ0v) is 10.5.